The van der Waals surface area contributed by atoms with Gasteiger partial charge in [0.25, 0.3) is 7.82 Å². The second kappa shape index (κ2) is 8.42. The van der Waals surface area contributed by atoms with Crippen molar-refractivity contribution in [3.05, 3.63) is 0 Å². The molecule has 5 heteroatoms. The first-order chi connectivity index (χ1) is 6.56. The summed E-state index contributed by atoms with van der Waals surface area (Å²) in [5.74, 6) is 0. The van der Waals surface area contributed by atoms with Gasteiger partial charge in [-0.05, 0) is 6.42 Å². The molecule has 1 N–H and O–H groups in total. The molecule has 86 valence electrons. The highest BCUT2D eigenvalue weighted by Crippen LogP contribution is 2.30. The number of hydrogen-bond acceptors (Lipinski definition) is 3. The zero-order chi connectivity index (χ0) is 10.9. The Kier molecular flexibility index (Phi) is 8.49. The van der Waals surface area contributed by atoms with Crippen LogP contribution in [0.4, 0.5) is 0 Å². The van der Waals surface area contributed by atoms with E-state index in [1.165, 1.54) is 25.7 Å². The Hall–Kier alpha value is 0.110. The van der Waals surface area contributed by atoms with Gasteiger partial charge in [-0.2, -0.15) is 0 Å². The summed E-state index contributed by atoms with van der Waals surface area (Å²) in [6.45, 7) is 2.27. The minimum Gasteiger partial charge on any atom is -0.756 e. The molecule has 0 saturated heterocycles. The Bertz CT molecular complexity index is 166. The zero-order valence-corrected chi connectivity index (χ0v) is 9.67. The van der Waals surface area contributed by atoms with Crippen LogP contribution < -0.4 is 4.89 Å². The molecule has 0 saturated carbocycles. The van der Waals surface area contributed by atoms with Gasteiger partial charge in [0.05, 0.1) is 6.61 Å². The first kappa shape index (κ1) is 14.1. The lowest BCUT2D eigenvalue weighted by Crippen LogP contribution is -2.04. The molecule has 0 aliphatic rings. The first-order valence-corrected chi connectivity index (χ1v) is 6.74. The lowest BCUT2D eigenvalue weighted by molar-refractivity contribution is -0.219. The molecule has 0 aromatic rings. The second-order valence-electron chi connectivity index (χ2n) is 3.42. The van der Waals surface area contributed by atoms with Gasteiger partial charge in [0.2, 0.25) is 0 Å². The van der Waals surface area contributed by atoms with Crippen LogP contribution in [0.5, 0.6) is 0 Å². The van der Waals surface area contributed by atoms with Gasteiger partial charge in [-0.15, -0.1) is 0 Å². The molecule has 0 heterocycles. The maximum absolute atomic E-state index is 10.2. The average Bonchev–Trinajstić information content (AvgIpc) is 2.08. The van der Waals surface area contributed by atoms with Crippen LogP contribution in [0, 0.1) is 0 Å². The average molecular weight is 223 g/mol. The molecular weight excluding hydrogens is 203 g/mol. The molecule has 0 aromatic heterocycles. The fourth-order valence-electron chi connectivity index (χ4n) is 1.24. The van der Waals surface area contributed by atoms with Gasteiger partial charge < -0.3 is 14.3 Å². The third-order valence-corrected chi connectivity index (χ3v) is 2.51. The molecule has 0 fully saturated rings. The smallest absolute Gasteiger partial charge is 0.265 e. The molecule has 0 aromatic carbocycles. The van der Waals surface area contributed by atoms with Crippen LogP contribution in [0.2, 0.25) is 0 Å². The predicted molar refractivity (Wildman–Crippen MR) is 53.8 cm³/mol. The van der Waals surface area contributed by atoms with Crippen molar-refractivity contribution in [2.24, 2.45) is 0 Å². The summed E-state index contributed by atoms with van der Waals surface area (Å²) >= 11 is 0. The highest BCUT2D eigenvalue weighted by atomic mass is 31.2. The molecular formula is C9H20O4P-. The van der Waals surface area contributed by atoms with E-state index in [1.54, 1.807) is 0 Å². The number of unbranched alkanes of at least 4 members (excludes halogenated alkanes) is 6. The van der Waals surface area contributed by atoms with Crippen molar-refractivity contribution in [2.45, 2.75) is 51.9 Å². The van der Waals surface area contributed by atoms with Crippen molar-refractivity contribution in [1.82, 2.24) is 0 Å². The molecule has 14 heavy (non-hydrogen) atoms. The van der Waals surface area contributed by atoms with E-state index < -0.39 is 7.82 Å². The zero-order valence-electron chi connectivity index (χ0n) is 8.78. The molecule has 0 radical (unpaired) electrons. The topological polar surface area (TPSA) is 69.6 Å². The number of hydrogen-bond donors (Lipinski definition) is 1. The summed E-state index contributed by atoms with van der Waals surface area (Å²) in [5, 5.41) is 0. The molecule has 0 aliphatic heterocycles. The van der Waals surface area contributed by atoms with Gasteiger partial charge in [0.1, 0.15) is 0 Å². The number of phosphoric ester groups is 1. The van der Waals surface area contributed by atoms with Crippen molar-refractivity contribution in [2.75, 3.05) is 6.61 Å². The van der Waals surface area contributed by atoms with Crippen LogP contribution in [-0.2, 0) is 9.09 Å². The fraction of sp³-hybridized carbons (Fsp3) is 1.00. The third-order valence-electron chi connectivity index (χ3n) is 2.00. The van der Waals surface area contributed by atoms with Crippen molar-refractivity contribution >= 4 is 7.82 Å². The van der Waals surface area contributed by atoms with Gasteiger partial charge in [0, 0.05) is 0 Å². The Morgan fingerprint density at radius 2 is 1.64 bits per heavy atom. The Labute approximate surface area is 85.9 Å². The molecule has 0 rings (SSSR count). The second-order valence-corrected chi connectivity index (χ2v) is 4.62. The van der Waals surface area contributed by atoms with Gasteiger partial charge >= 0.3 is 0 Å². The van der Waals surface area contributed by atoms with E-state index in [1.807, 2.05) is 0 Å². The fourth-order valence-corrected chi connectivity index (χ4v) is 1.60. The van der Waals surface area contributed by atoms with Crippen LogP contribution in [0.15, 0.2) is 0 Å². The standard InChI is InChI=1S/C9H21O4P/c1-2-3-4-5-6-7-8-9-13-14(10,11)12/h2-9H2,1H3,(H2,10,11,12)/p-1. The largest absolute Gasteiger partial charge is 0.756 e. The summed E-state index contributed by atoms with van der Waals surface area (Å²) in [4.78, 5) is 18.4. The van der Waals surface area contributed by atoms with Gasteiger partial charge in [-0.25, -0.2) is 0 Å². The molecule has 1 unspecified atom stereocenters. The van der Waals surface area contributed by atoms with Crippen molar-refractivity contribution in [3.63, 3.8) is 0 Å². The summed E-state index contributed by atoms with van der Waals surface area (Å²) in [5.41, 5.74) is 0. The lowest BCUT2D eigenvalue weighted by Gasteiger charge is -2.14. The van der Waals surface area contributed by atoms with Gasteiger partial charge in [-0.1, -0.05) is 45.4 Å². The number of rotatable bonds is 9. The summed E-state index contributed by atoms with van der Waals surface area (Å²) < 4.78 is 14.4. The van der Waals surface area contributed by atoms with Gasteiger partial charge in [-0.3, -0.25) is 4.57 Å². The summed E-state index contributed by atoms with van der Waals surface area (Å²) in [6.07, 6.45) is 7.70. The molecule has 0 bridgehead atoms. The van der Waals surface area contributed by atoms with Crippen molar-refractivity contribution < 1.29 is 18.9 Å². The molecule has 4 nitrogen and oxygen atoms in total. The lowest BCUT2D eigenvalue weighted by atomic mass is 10.1. The highest BCUT2D eigenvalue weighted by Gasteiger charge is 2.00. The van der Waals surface area contributed by atoms with E-state index in [9.17, 15) is 9.46 Å². The SMILES string of the molecule is CCCCCCCCCOP(=O)([O-])O. The van der Waals surface area contributed by atoms with Crippen LogP contribution in [0.1, 0.15) is 51.9 Å². The molecule has 0 spiro atoms. The maximum atomic E-state index is 10.2. The van der Waals surface area contributed by atoms with Gasteiger partial charge in [0.15, 0.2) is 0 Å². The van der Waals surface area contributed by atoms with Crippen LogP contribution in [0.3, 0.4) is 0 Å². The Morgan fingerprint density at radius 1 is 1.14 bits per heavy atom. The van der Waals surface area contributed by atoms with E-state index >= 15 is 0 Å². The summed E-state index contributed by atoms with van der Waals surface area (Å²) in [7, 11) is -4.48. The van der Waals surface area contributed by atoms with Crippen LogP contribution >= 0.6 is 7.82 Å². The molecule has 0 aliphatic carbocycles. The summed E-state index contributed by atoms with van der Waals surface area (Å²) in [6, 6.07) is 0. The first-order valence-electron chi connectivity index (χ1n) is 5.24. The van der Waals surface area contributed by atoms with E-state index in [0.29, 0.717) is 6.42 Å². The van der Waals surface area contributed by atoms with Crippen LogP contribution in [-0.4, -0.2) is 11.5 Å². The monoisotopic (exact) mass is 223 g/mol. The van der Waals surface area contributed by atoms with Crippen LogP contribution in [0.25, 0.3) is 0 Å². The normalized spacial score (nSPS) is 15.4. The maximum Gasteiger partial charge on any atom is 0.265 e. The van der Waals surface area contributed by atoms with E-state index in [2.05, 4.69) is 11.4 Å². The molecule has 0 amide bonds. The third kappa shape index (κ3) is 12.1. The quantitative estimate of drug-likeness (QED) is 0.480. The minimum atomic E-state index is -4.48. The van der Waals surface area contributed by atoms with Crippen molar-refractivity contribution in [3.8, 4) is 0 Å². The van der Waals surface area contributed by atoms with E-state index in [-0.39, 0.29) is 6.61 Å². The highest BCUT2D eigenvalue weighted by molar-refractivity contribution is 7.44. The minimum absolute atomic E-state index is 0.102. The predicted octanol–water partition coefficient (Wildman–Crippen LogP) is 2.21. The number of phosphoric acid groups is 1. The van der Waals surface area contributed by atoms with E-state index in [0.717, 1.165) is 12.8 Å². The molecule has 1 atom stereocenters. The van der Waals surface area contributed by atoms with E-state index in [4.69, 9.17) is 4.89 Å². The Balaban J connectivity index is 3.03. The van der Waals surface area contributed by atoms with Crippen molar-refractivity contribution in [1.29, 1.82) is 0 Å². The Morgan fingerprint density at radius 3 is 2.14 bits per heavy atom.